The molecule has 14 heteroatoms. The van der Waals surface area contributed by atoms with Gasteiger partial charge in [-0.3, -0.25) is 9.59 Å². The van der Waals surface area contributed by atoms with Gasteiger partial charge in [-0.25, -0.2) is 14.4 Å². The number of nitrogens with two attached hydrogens (primary N) is 1. The molecule has 3 aromatic rings. The molecule has 0 heterocycles. The van der Waals surface area contributed by atoms with Crippen molar-refractivity contribution in [3.05, 3.63) is 89.0 Å². The molecule has 14 nitrogen and oxygen atoms in total. The molecule has 3 aromatic carbocycles. The molecule has 290 valence electrons. The highest BCUT2D eigenvalue weighted by Crippen LogP contribution is 2.45. The Morgan fingerprint density at radius 1 is 0.889 bits per heavy atom. The number of nitrogens with zero attached hydrogens (tertiary/aromatic N) is 1. The van der Waals surface area contributed by atoms with Gasteiger partial charge in [0.2, 0.25) is 11.8 Å². The van der Waals surface area contributed by atoms with Crippen molar-refractivity contribution in [2.45, 2.75) is 91.3 Å². The lowest BCUT2D eigenvalue weighted by molar-refractivity contribution is -0.128. The Balaban J connectivity index is 1.50. The third-order valence-corrected chi connectivity index (χ3v) is 8.86. The van der Waals surface area contributed by atoms with Crippen LogP contribution in [0.3, 0.4) is 0 Å². The highest BCUT2D eigenvalue weighted by molar-refractivity contribution is 5.98. The molecule has 4 rings (SSSR count). The van der Waals surface area contributed by atoms with Gasteiger partial charge < -0.3 is 46.5 Å². The number of urea groups is 1. The first-order chi connectivity index (χ1) is 25.6. The zero-order valence-electron chi connectivity index (χ0n) is 31.7. The Kier molecular flexibility index (Phi) is 14.0. The molecule has 0 aromatic heterocycles. The number of aliphatic hydroxyl groups excluding tert-OH is 1. The Hall–Kier alpha value is -5.63. The van der Waals surface area contributed by atoms with E-state index in [1.807, 2.05) is 55.5 Å². The molecule has 0 bridgehead atoms. The fraction of sp³-hybridized carbons (Fsp3) is 0.425. The smallest absolute Gasteiger partial charge is 0.411 e. The predicted molar refractivity (Wildman–Crippen MR) is 204 cm³/mol. The van der Waals surface area contributed by atoms with Crippen LogP contribution in [0, 0.1) is 5.92 Å². The first kappa shape index (κ1) is 41.1. The van der Waals surface area contributed by atoms with Crippen LogP contribution in [-0.4, -0.2) is 70.8 Å². The molecule has 0 saturated carbocycles. The summed E-state index contributed by atoms with van der Waals surface area (Å²) in [7, 11) is 0. The Labute approximate surface area is 316 Å². The average molecular weight is 745 g/mol. The monoisotopic (exact) mass is 744 g/mol. The van der Waals surface area contributed by atoms with Crippen molar-refractivity contribution in [1.29, 1.82) is 0 Å². The number of alkyl carbamates (subject to hydrolysis) is 1. The van der Waals surface area contributed by atoms with Crippen LogP contribution in [0.5, 0.6) is 0 Å². The van der Waals surface area contributed by atoms with Crippen LogP contribution in [-0.2, 0) is 32.2 Å². The minimum absolute atomic E-state index is 0.0797. The van der Waals surface area contributed by atoms with Gasteiger partial charge in [-0.05, 0) is 80.8 Å². The zero-order chi connectivity index (χ0) is 39.6. The molecule has 2 atom stereocenters. The molecule has 6 amide bonds. The molecular formula is C40H52N6O8. The summed E-state index contributed by atoms with van der Waals surface area (Å²) in [5, 5.41) is 20.8. The summed E-state index contributed by atoms with van der Waals surface area (Å²) in [6.45, 7) is 10.7. The SMILES string of the molecule is CCN(Cc1cc(NC(=O)[C@H](CCCNC(N)=O)NC(=O)[C@@H](NC(=O)OC(C)(C)C)C(C)C)ccc1CO)C(=O)OC1c2ccccc2-c2ccccc21. The van der Waals surface area contributed by atoms with E-state index in [2.05, 4.69) is 21.3 Å². The number of carbonyl (C=O) groups excluding carboxylic acids is 5. The maximum absolute atomic E-state index is 13.7. The van der Waals surface area contributed by atoms with Crippen LogP contribution in [0.1, 0.15) is 82.7 Å². The standard InChI is InChI=1S/C40H52N6O8/c1-7-46(39(52)53-34-30-15-10-8-13-28(30)29-14-9-11-16-31(29)34)22-26-21-27(19-18-25(26)23-47)43-35(48)32(17-12-20-42-37(41)50)44-36(49)33(24(2)3)45-38(51)54-40(4,5)6/h8-11,13-16,18-19,21,24,32-34,47H,7,12,17,20,22-23H2,1-6H3,(H,43,48)(H,44,49)(H,45,51)(H3,41,42,50)/t32-,33-/m0/s1. The minimum Gasteiger partial charge on any atom is -0.444 e. The molecular weight excluding hydrogens is 692 g/mol. The van der Waals surface area contributed by atoms with Crippen molar-refractivity contribution >= 4 is 35.7 Å². The number of benzene rings is 3. The molecule has 0 saturated heterocycles. The summed E-state index contributed by atoms with van der Waals surface area (Å²) in [5.41, 5.74) is 9.71. The second kappa shape index (κ2) is 18.4. The number of hydrogen-bond acceptors (Lipinski definition) is 8. The normalized spacial score (nSPS) is 13.2. The number of hydrogen-bond donors (Lipinski definition) is 6. The van der Waals surface area contributed by atoms with E-state index in [1.165, 1.54) is 4.90 Å². The molecule has 54 heavy (non-hydrogen) atoms. The molecule has 1 aliphatic carbocycles. The van der Waals surface area contributed by atoms with Crippen LogP contribution < -0.4 is 27.0 Å². The third-order valence-electron chi connectivity index (χ3n) is 8.86. The second-order valence-electron chi connectivity index (χ2n) is 14.4. The summed E-state index contributed by atoms with van der Waals surface area (Å²) >= 11 is 0. The van der Waals surface area contributed by atoms with Crippen molar-refractivity contribution in [2.24, 2.45) is 11.7 Å². The molecule has 0 radical (unpaired) electrons. The number of rotatable bonds is 15. The lowest BCUT2D eigenvalue weighted by Gasteiger charge is -2.27. The highest BCUT2D eigenvalue weighted by atomic mass is 16.6. The van der Waals surface area contributed by atoms with Crippen molar-refractivity contribution in [3.63, 3.8) is 0 Å². The van der Waals surface area contributed by atoms with Crippen molar-refractivity contribution < 1.29 is 38.6 Å². The number of amides is 6. The molecule has 1 aliphatic rings. The lowest BCUT2D eigenvalue weighted by Crippen LogP contribution is -2.55. The van der Waals surface area contributed by atoms with Crippen LogP contribution in [0.25, 0.3) is 11.1 Å². The van der Waals surface area contributed by atoms with Crippen molar-refractivity contribution in [2.75, 3.05) is 18.4 Å². The summed E-state index contributed by atoms with van der Waals surface area (Å²) < 4.78 is 11.4. The van der Waals surface area contributed by atoms with Gasteiger partial charge in [0.25, 0.3) is 0 Å². The predicted octanol–water partition coefficient (Wildman–Crippen LogP) is 5.33. The number of primary amides is 1. The Morgan fingerprint density at radius 3 is 2.07 bits per heavy atom. The molecule has 0 spiro atoms. The summed E-state index contributed by atoms with van der Waals surface area (Å²) in [6.07, 6.45) is -1.48. The van der Waals surface area contributed by atoms with E-state index in [9.17, 15) is 29.1 Å². The first-order valence-electron chi connectivity index (χ1n) is 18.1. The van der Waals surface area contributed by atoms with Crippen LogP contribution >= 0.6 is 0 Å². The van der Waals surface area contributed by atoms with Crippen LogP contribution in [0.2, 0.25) is 0 Å². The van der Waals surface area contributed by atoms with Gasteiger partial charge >= 0.3 is 18.2 Å². The lowest BCUT2D eigenvalue weighted by atomic mass is 10.0. The molecule has 0 fully saturated rings. The summed E-state index contributed by atoms with van der Waals surface area (Å²) in [4.78, 5) is 66.2. The largest absolute Gasteiger partial charge is 0.444 e. The van der Waals surface area contributed by atoms with Gasteiger partial charge in [0, 0.05) is 36.4 Å². The van der Waals surface area contributed by atoms with Crippen LogP contribution in [0.15, 0.2) is 66.7 Å². The Morgan fingerprint density at radius 2 is 1.52 bits per heavy atom. The quantitative estimate of drug-likeness (QED) is 0.112. The van der Waals surface area contributed by atoms with E-state index in [0.29, 0.717) is 29.8 Å². The number of anilines is 1. The van der Waals surface area contributed by atoms with E-state index in [4.69, 9.17) is 15.2 Å². The highest BCUT2D eigenvalue weighted by Gasteiger charge is 2.33. The van der Waals surface area contributed by atoms with E-state index in [1.54, 1.807) is 52.8 Å². The van der Waals surface area contributed by atoms with E-state index < -0.39 is 53.8 Å². The van der Waals surface area contributed by atoms with Gasteiger partial charge in [-0.15, -0.1) is 0 Å². The van der Waals surface area contributed by atoms with E-state index >= 15 is 0 Å². The molecule has 0 unspecified atom stereocenters. The fourth-order valence-electron chi connectivity index (χ4n) is 6.17. The maximum atomic E-state index is 13.7. The van der Waals surface area contributed by atoms with Gasteiger partial charge in [0.15, 0.2) is 6.10 Å². The number of carbonyl (C=O) groups is 5. The van der Waals surface area contributed by atoms with Crippen LogP contribution in [0.4, 0.5) is 20.1 Å². The number of nitrogens with one attached hydrogen (secondary N) is 4. The van der Waals surface area contributed by atoms with Gasteiger partial charge in [-0.1, -0.05) is 68.4 Å². The van der Waals surface area contributed by atoms with E-state index in [-0.39, 0.29) is 32.0 Å². The third kappa shape index (κ3) is 10.9. The van der Waals surface area contributed by atoms with Gasteiger partial charge in [-0.2, -0.15) is 0 Å². The van der Waals surface area contributed by atoms with Gasteiger partial charge in [0.1, 0.15) is 17.7 Å². The topological polar surface area (TPSA) is 201 Å². The minimum atomic E-state index is -1.07. The zero-order valence-corrected chi connectivity index (χ0v) is 31.7. The molecule has 7 N–H and O–H groups in total. The van der Waals surface area contributed by atoms with Crippen molar-refractivity contribution in [1.82, 2.24) is 20.9 Å². The summed E-state index contributed by atoms with van der Waals surface area (Å²) in [5.74, 6) is -1.51. The second-order valence-corrected chi connectivity index (χ2v) is 14.4. The maximum Gasteiger partial charge on any atom is 0.411 e. The van der Waals surface area contributed by atoms with E-state index in [0.717, 1.165) is 22.3 Å². The number of aliphatic hydroxyl groups is 1. The van der Waals surface area contributed by atoms with Gasteiger partial charge in [0.05, 0.1) is 6.61 Å². The fourth-order valence-corrected chi connectivity index (χ4v) is 6.17. The number of fused-ring (bicyclic) bond motifs is 3. The first-order valence-corrected chi connectivity index (χ1v) is 18.1. The summed E-state index contributed by atoms with van der Waals surface area (Å²) in [6, 6.07) is 17.7. The Bertz CT molecular complexity index is 1780. The number of ether oxygens (including phenoxy) is 2. The van der Waals surface area contributed by atoms with Crippen molar-refractivity contribution in [3.8, 4) is 11.1 Å². The average Bonchev–Trinajstić information content (AvgIpc) is 3.42. The molecule has 0 aliphatic heterocycles.